The molecule has 2 fully saturated rings. The van der Waals surface area contributed by atoms with E-state index in [0.29, 0.717) is 0 Å². The van der Waals surface area contributed by atoms with Gasteiger partial charge in [0.1, 0.15) is 0 Å². The number of nitrogens with zero attached hydrogens (tertiary/aromatic N) is 4. The fraction of sp³-hybridized carbons (Fsp3) is 0.765. The Balaban J connectivity index is 0.000000251. The maximum atomic E-state index is 10.2. The standard InChI is InChI=1S/C9H12N2O2.C8H10N2O2/c1-9(11-7-13)5-3-2-4-8(9)10-6-12;11-5-9-7-3-1-2-4-8(7)10-6-12/h8H,2-5H2,1H3;7-8H,1-4H2. The molecule has 0 saturated heterocycles. The molecule has 0 amide bonds. The van der Waals surface area contributed by atoms with Crippen LogP contribution < -0.4 is 0 Å². The molecule has 0 heterocycles. The molecule has 0 radical (unpaired) electrons. The molecule has 2 rings (SSSR count). The van der Waals surface area contributed by atoms with Gasteiger partial charge in [0, 0.05) is 0 Å². The van der Waals surface area contributed by atoms with Gasteiger partial charge >= 0.3 is 0 Å². The Hall–Kier alpha value is -2.48. The Kier molecular flexibility index (Phi) is 9.16. The summed E-state index contributed by atoms with van der Waals surface area (Å²) in [6, 6.07) is -0.476. The van der Waals surface area contributed by atoms with Crippen molar-refractivity contribution in [2.45, 2.75) is 82.0 Å². The first-order chi connectivity index (χ1) is 12.1. The van der Waals surface area contributed by atoms with Gasteiger partial charge in [0.25, 0.3) is 0 Å². The van der Waals surface area contributed by atoms with E-state index in [-0.39, 0.29) is 18.1 Å². The number of hydrogen-bond acceptors (Lipinski definition) is 8. The Bertz CT molecular complexity index is 601. The Morgan fingerprint density at radius 1 is 0.720 bits per heavy atom. The van der Waals surface area contributed by atoms with E-state index in [1.807, 2.05) is 6.92 Å². The summed E-state index contributed by atoms with van der Waals surface area (Å²) in [5.74, 6) is 0. The van der Waals surface area contributed by atoms with Gasteiger partial charge in [0.15, 0.2) is 0 Å². The van der Waals surface area contributed by atoms with Crippen LogP contribution in [0, 0.1) is 0 Å². The molecule has 0 aliphatic heterocycles. The van der Waals surface area contributed by atoms with E-state index >= 15 is 0 Å². The summed E-state index contributed by atoms with van der Waals surface area (Å²) in [5.41, 5.74) is -0.530. The van der Waals surface area contributed by atoms with Crippen molar-refractivity contribution in [3.05, 3.63) is 0 Å². The second-order valence-corrected chi connectivity index (χ2v) is 6.40. The number of isocyanates is 4. The van der Waals surface area contributed by atoms with Gasteiger partial charge in [0.05, 0.1) is 23.7 Å². The van der Waals surface area contributed by atoms with Gasteiger partial charge in [-0.25, -0.2) is 29.2 Å². The van der Waals surface area contributed by atoms with Crippen molar-refractivity contribution >= 4 is 24.3 Å². The molecule has 134 valence electrons. The van der Waals surface area contributed by atoms with Crippen LogP contribution in [-0.4, -0.2) is 48.0 Å². The third-order valence-electron chi connectivity index (χ3n) is 4.77. The van der Waals surface area contributed by atoms with Crippen molar-refractivity contribution in [3.63, 3.8) is 0 Å². The van der Waals surface area contributed by atoms with Gasteiger partial charge in [-0.15, -0.1) is 0 Å². The highest BCUT2D eigenvalue weighted by Crippen LogP contribution is 2.33. The highest BCUT2D eigenvalue weighted by atomic mass is 16.1. The van der Waals surface area contributed by atoms with Crippen molar-refractivity contribution in [2.24, 2.45) is 20.0 Å². The molecule has 0 aromatic heterocycles. The summed E-state index contributed by atoms with van der Waals surface area (Å²) in [6.45, 7) is 1.84. The van der Waals surface area contributed by atoms with Crippen LogP contribution in [0.2, 0.25) is 0 Å². The molecule has 4 atom stereocenters. The van der Waals surface area contributed by atoms with Crippen LogP contribution in [0.5, 0.6) is 0 Å². The number of hydrogen-bond donors (Lipinski definition) is 0. The topological polar surface area (TPSA) is 118 Å². The first kappa shape index (κ1) is 20.6. The number of aliphatic imine (C=N–C) groups is 4. The summed E-state index contributed by atoms with van der Waals surface area (Å²) in [6.07, 6.45) is 13.5. The van der Waals surface area contributed by atoms with Gasteiger partial charge in [-0.1, -0.05) is 25.7 Å². The van der Waals surface area contributed by atoms with Crippen molar-refractivity contribution in [3.8, 4) is 0 Å². The summed E-state index contributed by atoms with van der Waals surface area (Å²) < 4.78 is 0. The fourth-order valence-corrected chi connectivity index (χ4v) is 3.33. The van der Waals surface area contributed by atoms with Gasteiger partial charge < -0.3 is 0 Å². The summed E-state index contributed by atoms with van der Waals surface area (Å²) in [4.78, 5) is 54.9. The predicted molar refractivity (Wildman–Crippen MR) is 89.2 cm³/mol. The molecule has 0 spiro atoms. The lowest BCUT2D eigenvalue weighted by Gasteiger charge is -2.33. The number of rotatable bonds is 4. The van der Waals surface area contributed by atoms with Crippen LogP contribution >= 0.6 is 0 Å². The highest BCUT2D eigenvalue weighted by molar-refractivity contribution is 5.38. The molecule has 2 saturated carbocycles. The van der Waals surface area contributed by atoms with E-state index in [0.717, 1.165) is 51.4 Å². The SMILES string of the molecule is CC1(N=C=O)CCCCC1N=C=O.O=C=NC1CCCCC1N=C=O. The zero-order valence-corrected chi connectivity index (χ0v) is 14.3. The number of carbonyl (C=O) groups excluding carboxylic acids is 4. The van der Waals surface area contributed by atoms with Gasteiger partial charge in [0.2, 0.25) is 24.3 Å². The molecule has 2 aliphatic rings. The van der Waals surface area contributed by atoms with E-state index < -0.39 is 5.54 Å². The maximum absolute atomic E-state index is 10.2. The Morgan fingerprint density at radius 3 is 1.72 bits per heavy atom. The molecule has 0 aromatic rings. The zero-order chi connectivity index (χ0) is 18.5. The highest BCUT2D eigenvalue weighted by Gasteiger charge is 2.36. The largest absolute Gasteiger partial charge is 0.235 e. The molecule has 25 heavy (non-hydrogen) atoms. The third kappa shape index (κ3) is 6.50. The van der Waals surface area contributed by atoms with Gasteiger partial charge in [-0.05, 0) is 32.6 Å². The lowest BCUT2D eigenvalue weighted by atomic mass is 9.80. The molecule has 0 aromatic carbocycles. The summed E-state index contributed by atoms with van der Waals surface area (Å²) in [7, 11) is 0. The minimum atomic E-state index is -0.530. The van der Waals surface area contributed by atoms with Crippen molar-refractivity contribution in [1.29, 1.82) is 0 Å². The Labute approximate surface area is 146 Å². The second-order valence-electron chi connectivity index (χ2n) is 6.40. The molecule has 2 aliphatic carbocycles. The molecule has 4 unspecified atom stereocenters. The first-order valence-electron chi connectivity index (χ1n) is 8.41. The molecule has 8 heteroatoms. The molecular formula is C17H22N4O4. The molecule has 0 bridgehead atoms. The quantitative estimate of drug-likeness (QED) is 0.573. The maximum Gasteiger partial charge on any atom is 0.235 e. The van der Waals surface area contributed by atoms with E-state index in [1.165, 1.54) is 18.2 Å². The second kappa shape index (κ2) is 11.1. The average Bonchev–Trinajstić information content (AvgIpc) is 2.60. The van der Waals surface area contributed by atoms with Crippen LogP contribution in [0.3, 0.4) is 0 Å². The summed E-state index contributed by atoms with van der Waals surface area (Å²) in [5, 5.41) is 0. The zero-order valence-electron chi connectivity index (χ0n) is 14.3. The van der Waals surface area contributed by atoms with Crippen molar-refractivity contribution in [2.75, 3.05) is 0 Å². The Morgan fingerprint density at radius 2 is 1.24 bits per heavy atom. The first-order valence-corrected chi connectivity index (χ1v) is 8.41. The van der Waals surface area contributed by atoms with E-state index in [2.05, 4.69) is 20.0 Å². The fourth-order valence-electron chi connectivity index (χ4n) is 3.33. The van der Waals surface area contributed by atoms with Crippen LogP contribution in [0.1, 0.15) is 58.3 Å². The summed E-state index contributed by atoms with van der Waals surface area (Å²) >= 11 is 0. The van der Waals surface area contributed by atoms with E-state index in [4.69, 9.17) is 0 Å². The molecule has 8 nitrogen and oxygen atoms in total. The lowest BCUT2D eigenvalue weighted by Crippen LogP contribution is -2.39. The van der Waals surface area contributed by atoms with E-state index in [1.54, 1.807) is 6.08 Å². The van der Waals surface area contributed by atoms with Crippen LogP contribution in [0.25, 0.3) is 0 Å². The monoisotopic (exact) mass is 346 g/mol. The predicted octanol–water partition coefficient (Wildman–Crippen LogP) is 2.33. The average molecular weight is 346 g/mol. The normalized spacial score (nSPS) is 30.7. The smallest absolute Gasteiger partial charge is 0.211 e. The van der Waals surface area contributed by atoms with E-state index in [9.17, 15) is 19.2 Å². The van der Waals surface area contributed by atoms with Crippen LogP contribution in [0.15, 0.2) is 20.0 Å². The van der Waals surface area contributed by atoms with Crippen LogP contribution in [0.4, 0.5) is 0 Å². The minimum Gasteiger partial charge on any atom is -0.211 e. The minimum absolute atomic E-state index is 0.141. The van der Waals surface area contributed by atoms with Gasteiger partial charge in [-0.2, -0.15) is 9.98 Å². The lowest BCUT2D eigenvalue weighted by molar-refractivity contribution is 0.278. The van der Waals surface area contributed by atoms with Crippen molar-refractivity contribution in [1.82, 2.24) is 0 Å². The van der Waals surface area contributed by atoms with Crippen LogP contribution in [-0.2, 0) is 19.2 Å². The van der Waals surface area contributed by atoms with Crippen molar-refractivity contribution < 1.29 is 19.2 Å². The van der Waals surface area contributed by atoms with Gasteiger partial charge in [-0.3, -0.25) is 0 Å². The molecule has 0 N–H and O–H groups in total. The third-order valence-corrected chi connectivity index (χ3v) is 4.77. The molecular weight excluding hydrogens is 324 g/mol.